The number of nitrogens with zero attached hydrogens (tertiary/aromatic N) is 1. The summed E-state index contributed by atoms with van der Waals surface area (Å²) in [7, 11) is 0. The van der Waals surface area contributed by atoms with Crippen LogP contribution in [0, 0.1) is 6.92 Å². The summed E-state index contributed by atoms with van der Waals surface area (Å²) in [6, 6.07) is 1.56. The number of hydrogen-bond donors (Lipinski definition) is 2. The Bertz CT molecular complexity index is 708. The molecule has 0 aromatic carbocycles. The molecule has 0 bridgehead atoms. The molecule has 1 unspecified atom stereocenters. The summed E-state index contributed by atoms with van der Waals surface area (Å²) in [5.41, 5.74) is 6.72. The molecule has 5 nitrogen and oxygen atoms in total. The molecule has 0 radical (unpaired) electrons. The monoisotopic (exact) mass is 351 g/mol. The van der Waals surface area contributed by atoms with E-state index in [2.05, 4.69) is 10.3 Å². The maximum atomic E-state index is 13.9. The van der Waals surface area contributed by atoms with E-state index in [1.807, 2.05) is 13.8 Å². The van der Waals surface area contributed by atoms with Crippen molar-refractivity contribution in [1.29, 1.82) is 0 Å². The Balaban J connectivity index is 1.97. The van der Waals surface area contributed by atoms with E-state index in [0.29, 0.717) is 16.5 Å². The summed E-state index contributed by atoms with van der Waals surface area (Å²) in [4.78, 5) is 16.4. The first-order valence-corrected chi connectivity index (χ1v) is 8.64. The van der Waals surface area contributed by atoms with E-state index in [4.69, 9.17) is 10.2 Å². The van der Waals surface area contributed by atoms with Gasteiger partial charge in [-0.25, -0.2) is 4.39 Å². The summed E-state index contributed by atoms with van der Waals surface area (Å²) < 4.78 is 19.0. The average molecular weight is 351 g/mol. The molecule has 1 aromatic rings. The van der Waals surface area contributed by atoms with E-state index >= 15 is 0 Å². The highest BCUT2D eigenvalue weighted by Crippen LogP contribution is 2.31. The average Bonchev–Trinajstić information content (AvgIpc) is 2.96. The van der Waals surface area contributed by atoms with E-state index in [9.17, 15) is 9.18 Å². The lowest BCUT2D eigenvalue weighted by molar-refractivity contribution is 0.0953. The van der Waals surface area contributed by atoms with Crippen molar-refractivity contribution in [3.63, 3.8) is 0 Å². The number of nitrogens with two attached hydrogens (primary N) is 1. The Morgan fingerprint density at radius 2 is 2.33 bits per heavy atom. The smallest absolute Gasteiger partial charge is 0.255 e. The van der Waals surface area contributed by atoms with Gasteiger partial charge in [0.25, 0.3) is 5.91 Å². The number of halogens is 1. The molecule has 24 heavy (non-hydrogen) atoms. The van der Waals surface area contributed by atoms with Crippen LogP contribution in [0.3, 0.4) is 0 Å². The first-order valence-electron chi connectivity index (χ1n) is 7.65. The summed E-state index contributed by atoms with van der Waals surface area (Å²) in [5.74, 6) is 0.600. The first-order chi connectivity index (χ1) is 11.3. The molecule has 0 aliphatic carbocycles. The second kappa shape index (κ2) is 7.70. The lowest BCUT2D eigenvalue weighted by Crippen LogP contribution is -2.32. The van der Waals surface area contributed by atoms with Crippen molar-refractivity contribution in [3.05, 3.63) is 47.2 Å². The van der Waals surface area contributed by atoms with Gasteiger partial charge in [-0.3, -0.25) is 9.79 Å². The van der Waals surface area contributed by atoms with Gasteiger partial charge in [0.1, 0.15) is 11.6 Å². The molecular weight excluding hydrogens is 329 g/mol. The summed E-state index contributed by atoms with van der Waals surface area (Å²) in [6.07, 6.45) is 5.33. The van der Waals surface area contributed by atoms with Crippen molar-refractivity contribution >= 4 is 22.8 Å². The highest BCUT2D eigenvalue weighted by atomic mass is 32.2. The molecule has 1 atom stereocenters. The van der Waals surface area contributed by atoms with E-state index in [0.717, 1.165) is 17.7 Å². The quantitative estimate of drug-likeness (QED) is 0.798. The van der Waals surface area contributed by atoms with Gasteiger partial charge in [-0.15, -0.1) is 0 Å². The number of allylic oxidation sites excluding steroid dienone is 2. The van der Waals surface area contributed by atoms with Crippen LogP contribution in [0.4, 0.5) is 4.39 Å². The van der Waals surface area contributed by atoms with Gasteiger partial charge >= 0.3 is 0 Å². The Morgan fingerprint density at radius 3 is 2.96 bits per heavy atom. The van der Waals surface area contributed by atoms with Crippen LogP contribution in [-0.2, 0) is 0 Å². The lowest BCUT2D eigenvalue weighted by atomic mass is 9.90. The Kier molecular flexibility index (Phi) is 5.88. The predicted molar refractivity (Wildman–Crippen MR) is 95.8 cm³/mol. The number of hydrogen-bond acceptors (Lipinski definition) is 5. The molecule has 0 spiro atoms. The lowest BCUT2D eigenvalue weighted by Gasteiger charge is -2.30. The largest absolute Gasteiger partial charge is 0.469 e. The van der Waals surface area contributed by atoms with Crippen LogP contribution in [0.1, 0.15) is 36.4 Å². The van der Waals surface area contributed by atoms with Crippen LogP contribution >= 0.6 is 11.8 Å². The molecule has 2 rings (SSSR count). The number of thioether (sulfide) groups is 1. The summed E-state index contributed by atoms with van der Waals surface area (Å²) in [6.45, 7) is 5.40. The number of carbonyl (C=O) groups is 1. The number of amidine groups is 1. The Labute approximate surface area is 145 Å². The zero-order chi connectivity index (χ0) is 17.7. The third-order valence-corrected chi connectivity index (χ3v) is 4.88. The topological polar surface area (TPSA) is 80.6 Å². The zero-order valence-electron chi connectivity index (χ0n) is 14.1. The highest BCUT2D eigenvalue weighted by Gasteiger charge is 2.28. The molecule has 1 amide bonds. The van der Waals surface area contributed by atoms with E-state index in [1.54, 1.807) is 19.1 Å². The molecule has 2 heterocycles. The van der Waals surface area contributed by atoms with Crippen LogP contribution in [0.25, 0.3) is 0 Å². The van der Waals surface area contributed by atoms with Gasteiger partial charge in [0.2, 0.25) is 0 Å². The number of carbonyl (C=O) groups excluding carboxylic acids is 1. The van der Waals surface area contributed by atoms with Gasteiger partial charge in [0.15, 0.2) is 5.17 Å². The van der Waals surface area contributed by atoms with Crippen LogP contribution in [0.15, 0.2) is 45.3 Å². The standard InChI is InChI=1S/C17H22FN3O2S/c1-11(17(3)7-9-24-16(19)21-17)4-5-13(18)10-20-15(22)14-6-8-23-12(14)2/h4-6,8H,7,9-10H2,1-3H3,(H2,19,21)(H,20,22)/b11-4+,13-5+. The fourth-order valence-corrected chi connectivity index (χ4v) is 3.28. The molecule has 130 valence electrons. The number of aryl methyl sites for hydroxylation is 1. The maximum Gasteiger partial charge on any atom is 0.255 e. The summed E-state index contributed by atoms with van der Waals surface area (Å²) in [5, 5.41) is 3.08. The number of amides is 1. The fraction of sp³-hybridized carbons (Fsp3) is 0.412. The normalized spacial score (nSPS) is 22.2. The van der Waals surface area contributed by atoms with Crippen LogP contribution in [0.2, 0.25) is 0 Å². The van der Waals surface area contributed by atoms with Gasteiger partial charge in [0.05, 0.1) is 23.9 Å². The molecule has 0 fully saturated rings. The van der Waals surface area contributed by atoms with E-state index in [1.165, 1.54) is 24.1 Å². The molecule has 1 aromatic heterocycles. The minimum Gasteiger partial charge on any atom is -0.469 e. The van der Waals surface area contributed by atoms with Gasteiger partial charge in [-0.1, -0.05) is 17.8 Å². The molecule has 7 heteroatoms. The summed E-state index contributed by atoms with van der Waals surface area (Å²) >= 11 is 1.53. The molecule has 1 aliphatic heterocycles. The SMILES string of the molecule is C/C(=C\C=C(\F)CNC(=O)c1ccoc1C)C1(C)CCSC(N)=N1. The van der Waals surface area contributed by atoms with E-state index in [-0.39, 0.29) is 12.5 Å². The van der Waals surface area contributed by atoms with Crippen molar-refractivity contribution in [1.82, 2.24) is 5.32 Å². The molecule has 3 N–H and O–H groups in total. The number of nitrogens with one attached hydrogen (secondary N) is 1. The second-order valence-corrected chi connectivity index (χ2v) is 6.97. The number of rotatable bonds is 5. The molecule has 0 saturated heterocycles. The number of aliphatic imine (C=N–C) groups is 1. The molecule has 0 saturated carbocycles. The highest BCUT2D eigenvalue weighted by molar-refractivity contribution is 8.13. The van der Waals surface area contributed by atoms with Gasteiger partial charge in [-0.05, 0) is 44.9 Å². The van der Waals surface area contributed by atoms with Crippen molar-refractivity contribution in [2.24, 2.45) is 10.7 Å². The van der Waals surface area contributed by atoms with Gasteiger partial charge < -0.3 is 15.5 Å². The van der Waals surface area contributed by atoms with Crippen molar-refractivity contribution in [3.8, 4) is 0 Å². The second-order valence-electron chi connectivity index (χ2n) is 5.86. The van der Waals surface area contributed by atoms with Crippen molar-refractivity contribution < 1.29 is 13.6 Å². The molecular formula is C17H22FN3O2S. The Hall–Kier alpha value is -2.02. The van der Waals surface area contributed by atoms with Gasteiger partial charge in [-0.2, -0.15) is 0 Å². The zero-order valence-corrected chi connectivity index (χ0v) is 14.9. The predicted octanol–water partition coefficient (Wildman–Crippen LogP) is 3.33. The van der Waals surface area contributed by atoms with Crippen LogP contribution < -0.4 is 11.1 Å². The number of furan rings is 1. The third kappa shape index (κ3) is 4.50. The van der Waals surface area contributed by atoms with E-state index < -0.39 is 11.4 Å². The van der Waals surface area contributed by atoms with Gasteiger partial charge in [0, 0.05) is 5.75 Å². The molecule has 1 aliphatic rings. The van der Waals surface area contributed by atoms with Crippen LogP contribution in [-0.4, -0.2) is 28.9 Å². The Morgan fingerprint density at radius 1 is 1.58 bits per heavy atom. The van der Waals surface area contributed by atoms with Crippen molar-refractivity contribution in [2.45, 2.75) is 32.7 Å². The van der Waals surface area contributed by atoms with Crippen molar-refractivity contribution in [2.75, 3.05) is 12.3 Å². The van der Waals surface area contributed by atoms with Crippen LogP contribution in [0.5, 0.6) is 0 Å². The first kappa shape index (κ1) is 18.3. The third-order valence-electron chi connectivity index (χ3n) is 4.08. The maximum absolute atomic E-state index is 13.9. The fourth-order valence-electron chi connectivity index (χ4n) is 2.31. The minimum absolute atomic E-state index is 0.175. The minimum atomic E-state index is -0.436.